The maximum atomic E-state index is 13.1. The highest BCUT2D eigenvalue weighted by molar-refractivity contribution is 5.78. The molecule has 0 spiro atoms. The van der Waals surface area contributed by atoms with Gasteiger partial charge in [-0.15, -0.1) is 0 Å². The van der Waals surface area contributed by atoms with E-state index in [1.807, 2.05) is 29.2 Å². The second kappa shape index (κ2) is 10.8. The minimum atomic E-state index is -0.955. The average molecular weight is 390 g/mol. The molecule has 1 aliphatic heterocycles. The molecule has 156 valence electrons. The number of ether oxygens (including phenoxy) is 1. The lowest BCUT2D eigenvalue weighted by Crippen LogP contribution is -2.41. The number of fused-ring (bicyclic) bond motifs is 1. The Morgan fingerprint density at radius 2 is 1.64 bits per heavy atom. The maximum Gasteiger partial charge on any atom is 0.225 e. The van der Waals surface area contributed by atoms with Crippen molar-refractivity contribution >= 4 is 5.91 Å². The Hall–Kier alpha value is -1.59. The first-order chi connectivity index (χ1) is 13.6. The van der Waals surface area contributed by atoms with Gasteiger partial charge in [0, 0.05) is 19.0 Å². The normalized spacial score (nSPS) is 26.0. The molecular formula is C23H35NO4. The van der Waals surface area contributed by atoms with E-state index < -0.39 is 12.2 Å². The van der Waals surface area contributed by atoms with E-state index in [2.05, 4.69) is 0 Å². The number of rotatable bonds is 1. The first-order valence-electron chi connectivity index (χ1n) is 11.0. The van der Waals surface area contributed by atoms with Gasteiger partial charge in [-0.25, -0.2) is 0 Å². The number of aliphatic hydroxyl groups is 2. The van der Waals surface area contributed by atoms with Gasteiger partial charge in [0.1, 0.15) is 18.5 Å². The van der Waals surface area contributed by atoms with Crippen LogP contribution in [0.2, 0.25) is 0 Å². The van der Waals surface area contributed by atoms with Crippen LogP contribution in [-0.2, 0) is 11.2 Å². The SMILES string of the molecule is O=C(C1CCCCCC1)N1CCCCc2ccccc2OC[C@@H](O)[C@@H](O)CC1. The van der Waals surface area contributed by atoms with Crippen LogP contribution in [0, 0.1) is 5.92 Å². The van der Waals surface area contributed by atoms with E-state index in [1.165, 1.54) is 12.8 Å². The van der Waals surface area contributed by atoms with Crippen molar-refractivity contribution in [2.45, 2.75) is 76.4 Å². The zero-order valence-electron chi connectivity index (χ0n) is 16.9. The van der Waals surface area contributed by atoms with Crippen LogP contribution >= 0.6 is 0 Å². The van der Waals surface area contributed by atoms with Crippen LogP contribution in [0.5, 0.6) is 5.75 Å². The van der Waals surface area contributed by atoms with Crippen LogP contribution in [0.1, 0.15) is 63.4 Å². The van der Waals surface area contributed by atoms with E-state index in [9.17, 15) is 15.0 Å². The fourth-order valence-electron chi connectivity index (χ4n) is 4.35. The summed E-state index contributed by atoms with van der Waals surface area (Å²) < 4.78 is 5.78. The number of benzene rings is 1. The molecule has 0 radical (unpaired) electrons. The smallest absolute Gasteiger partial charge is 0.225 e. The fraction of sp³-hybridized carbons (Fsp3) is 0.696. The van der Waals surface area contributed by atoms with Crippen LogP contribution in [0.3, 0.4) is 0 Å². The molecule has 1 saturated carbocycles. The number of aliphatic hydroxyl groups excluding tert-OH is 2. The molecule has 5 heteroatoms. The number of carbonyl (C=O) groups is 1. The Labute approximate surface area is 168 Å². The molecule has 1 aromatic rings. The highest BCUT2D eigenvalue weighted by Crippen LogP contribution is 2.26. The molecule has 1 fully saturated rings. The van der Waals surface area contributed by atoms with Crippen molar-refractivity contribution in [1.82, 2.24) is 4.90 Å². The number of carbonyl (C=O) groups excluding carboxylic acids is 1. The van der Waals surface area contributed by atoms with Crippen LogP contribution in [0.15, 0.2) is 24.3 Å². The van der Waals surface area contributed by atoms with Crippen molar-refractivity contribution in [2.75, 3.05) is 19.7 Å². The van der Waals surface area contributed by atoms with Gasteiger partial charge < -0.3 is 19.8 Å². The zero-order valence-corrected chi connectivity index (χ0v) is 16.9. The summed E-state index contributed by atoms with van der Waals surface area (Å²) in [5, 5.41) is 20.7. The lowest BCUT2D eigenvalue weighted by Gasteiger charge is -2.28. The van der Waals surface area contributed by atoms with E-state index in [0.29, 0.717) is 13.0 Å². The Kier molecular flexibility index (Phi) is 8.16. The Morgan fingerprint density at radius 1 is 0.893 bits per heavy atom. The molecule has 1 aromatic carbocycles. The molecule has 1 heterocycles. The van der Waals surface area contributed by atoms with Gasteiger partial charge in [-0.2, -0.15) is 0 Å². The van der Waals surface area contributed by atoms with Gasteiger partial charge in [-0.1, -0.05) is 43.9 Å². The quantitative estimate of drug-likeness (QED) is 0.723. The third-order valence-electron chi connectivity index (χ3n) is 6.16. The van der Waals surface area contributed by atoms with Gasteiger partial charge in [0.25, 0.3) is 0 Å². The molecule has 0 unspecified atom stereocenters. The minimum Gasteiger partial charge on any atom is -0.491 e. The molecule has 1 aliphatic carbocycles. The molecule has 28 heavy (non-hydrogen) atoms. The van der Waals surface area contributed by atoms with Crippen molar-refractivity contribution in [3.8, 4) is 5.75 Å². The molecular weight excluding hydrogens is 354 g/mol. The van der Waals surface area contributed by atoms with Gasteiger partial charge in [-0.3, -0.25) is 4.79 Å². The van der Waals surface area contributed by atoms with E-state index in [0.717, 1.165) is 62.8 Å². The monoisotopic (exact) mass is 389 g/mol. The summed E-state index contributed by atoms with van der Waals surface area (Å²) in [6.45, 7) is 1.29. The van der Waals surface area contributed by atoms with E-state index in [-0.39, 0.29) is 18.4 Å². The summed E-state index contributed by atoms with van der Waals surface area (Å²) in [4.78, 5) is 15.1. The average Bonchev–Trinajstić information content (AvgIpc) is 3.00. The van der Waals surface area contributed by atoms with E-state index >= 15 is 0 Å². The van der Waals surface area contributed by atoms with Crippen molar-refractivity contribution in [3.05, 3.63) is 29.8 Å². The number of aryl methyl sites for hydroxylation is 1. The van der Waals surface area contributed by atoms with E-state index in [4.69, 9.17) is 4.74 Å². The molecule has 5 nitrogen and oxygen atoms in total. The summed E-state index contributed by atoms with van der Waals surface area (Å²) in [5.74, 6) is 1.15. The van der Waals surface area contributed by atoms with Gasteiger partial charge >= 0.3 is 0 Å². The van der Waals surface area contributed by atoms with Crippen molar-refractivity contribution in [3.63, 3.8) is 0 Å². The Bertz CT molecular complexity index is 612. The minimum absolute atomic E-state index is 0.0642. The largest absolute Gasteiger partial charge is 0.491 e. The molecule has 0 aromatic heterocycles. The van der Waals surface area contributed by atoms with Crippen molar-refractivity contribution < 1.29 is 19.7 Å². The number of nitrogens with zero attached hydrogens (tertiary/aromatic N) is 1. The lowest BCUT2D eigenvalue weighted by molar-refractivity contribution is -0.136. The van der Waals surface area contributed by atoms with Gasteiger partial charge in [-0.05, 0) is 50.2 Å². The molecule has 3 rings (SSSR count). The van der Waals surface area contributed by atoms with Crippen molar-refractivity contribution in [2.24, 2.45) is 5.92 Å². The summed E-state index contributed by atoms with van der Waals surface area (Å²) in [5.41, 5.74) is 1.12. The highest BCUT2D eigenvalue weighted by Gasteiger charge is 2.27. The summed E-state index contributed by atoms with van der Waals surface area (Å²) in [6, 6.07) is 7.88. The Balaban J connectivity index is 1.68. The fourth-order valence-corrected chi connectivity index (χ4v) is 4.35. The molecule has 2 aliphatic rings. The number of para-hydroxylation sites is 1. The second-order valence-corrected chi connectivity index (χ2v) is 8.31. The number of hydrogen-bond acceptors (Lipinski definition) is 4. The summed E-state index contributed by atoms with van der Waals surface area (Å²) in [6.07, 6.45) is 8.06. The van der Waals surface area contributed by atoms with Crippen LogP contribution in [0.4, 0.5) is 0 Å². The van der Waals surface area contributed by atoms with Gasteiger partial charge in [0.05, 0.1) is 6.10 Å². The predicted molar refractivity (Wildman–Crippen MR) is 109 cm³/mol. The van der Waals surface area contributed by atoms with Crippen LogP contribution in [0.25, 0.3) is 0 Å². The van der Waals surface area contributed by atoms with E-state index in [1.54, 1.807) is 0 Å². The third-order valence-corrected chi connectivity index (χ3v) is 6.16. The Morgan fingerprint density at radius 3 is 2.43 bits per heavy atom. The first-order valence-corrected chi connectivity index (χ1v) is 11.0. The predicted octanol–water partition coefficient (Wildman–Crippen LogP) is 3.31. The lowest BCUT2D eigenvalue weighted by atomic mass is 9.98. The van der Waals surface area contributed by atoms with Crippen molar-refractivity contribution in [1.29, 1.82) is 0 Å². The highest BCUT2D eigenvalue weighted by atomic mass is 16.5. The standard InChI is InChI=1S/C23H35NO4/c25-20-14-16-24(23(27)19-11-3-1-2-4-12-19)15-8-7-10-18-9-5-6-13-22(18)28-17-21(20)26/h5-6,9,13,19-21,25-26H,1-4,7-8,10-12,14-17H2/t20-,21+/m0/s1. The van der Waals surface area contributed by atoms with Crippen LogP contribution < -0.4 is 4.74 Å². The first kappa shape index (κ1) is 21.1. The van der Waals surface area contributed by atoms with Gasteiger partial charge in [0.15, 0.2) is 0 Å². The molecule has 2 N–H and O–H groups in total. The second-order valence-electron chi connectivity index (χ2n) is 8.31. The molecule has 2 atom stereocenters. The summed E-state index contributed by atoms with van der Waals surface area (Å²) >= 11 is 0. The third kappa shape index (κ3) is 5.95. The maximum absolute atomic E-state index is 13.1. The zero-order chi connectivity index (χ0) is 19.8. The molecule has 1 amide bonds. The van der Waals surface area contributed by atoms with Crippen LogP contribution in [-0.4, -0.2) is 52.9 Å². The summed E-state index contributed by atoms with van der Waals surface area (Å²) in [7, 11) is 0. The number of amides is 1. The topological polar surface area (TPSA) is 70.0 Å². The molecule has 0 saturated heterocycles. The number of hydrogen-bond donors (Lipinski definition) is 2. The molecule has 0 bridgehead atoms. The van der Waals surface area contributed by atoms with Gasteiger partial charge in [0.2, 0.25) is 5.91 Å².